The molecule has 2 unspecified atom stereocenters. The molecule has 2 rings (SSSR count). The lowest BCUT2D eigenvalue weighted by Crippen LogP contribution is -2.15. The summed E-state index contributed by atoms with van der Waals surface area (Å²) in [7, 11) is 1.60. The highest BCUT2D eigenvalue weighted by atomic mass is 16.5. The number of carbonyl (C=O) groups is 1. The number of carbonyl (C=O) groups excluding carboxylic acids is 1. The van der Waals surface area contributed by atoms with Gasteiger partial charge in [0.25, 0.3) is 0 Å². The van der Waals surface area contributed by atoms with Crippen LogP contribution in [0.1, 0.15) is 37.3 Å². The predicted molar refractivity (Wildman–Crippen MR) is 73.0 cm³/mol. The van der Waals surface area contributed by atoms with Gasteiger partial charge in [0.05, 0.1) is 13.2 Å². The van der Waals surface area contributed by atoms with Crippen LogP contribution in [-0.4, -0.2) is 12.9 Å². The van der Waals surface area contributed by atoms with Crippen LogP contribution in [0.15, 0.2) is 18.2 Å². The highest BCUT2D eigenvalue weighted by molar-refractivity contribution is 5.93. The quantitative estimate of drug-likeness (QED) is 0.832. The zero-order valence-corrected chi connectivity index (χ0v) is 11.9. The second-order valence-electron chi connectivity index (χ2n) is 5.94. The molecule has 1 aliphatic rings. The molecule has 0 bridgehead atoms. The van der Waals surface area contributed by atoms with E-state index in [9.17, 15) is 10.1 Å². The first kappa shape index (κ1) is 13.6. The molecule has 0 aromatic heterocycles. The molecule has 0 saturated heterocycles. The first-order valence-corrected chi connectivity index (χ1v) is 6.48. The Kier molecular flexibility index (Phi) is 3.36. The van der Waals surface area contributed by atoms with E-state index >= 15 is 0 Å². The van der Waals surface area contributed by atoms with E-state index in [1.165, 1.54) is 0 Å². The molecule has 3 heteroatoms. The van der Waals surface area contributed by atoms with E-state index in [1.54, 1.807) is 13.2 Å². The lowest BCUT2D eigenvalue weighted by atomic mass is 9.90. The number of methoxy groups -OCH3 is 1. The van der Waals surface area contributed by atoms with Gasteiger partial charge >= 0.3 is 0 Å². The monoisotopic (exact) mass is 257 g/mol. The van der Waals surface area contributed by atoms with Crippen molar-refractivity contribution in [1.29, 1.82) is 5.26 Å². The van der Waals surface area contributed by atoms with Gasteiger partial charge in [-0.05, 0) is 36.0 Å². The van der Waals surface area contributed by atoms with E-state index in [4.69, 9.17) is 4.74 Å². The van der Waals surface area contributed by atoms with Crippen LogP contribution in [0.3, 0.4) is 0 Å². The van der Waals surface area contributed by atoms with Crippen LogP contribution in [0.5, 0.6) is 5.75 Å². The normalized spacial score (nSPS) is 21.3. The van der Waals surface area contributed by atoms with Crippen molar-refractivity contribution in [2.45, 2.75) is 33.1 Å². The molecule has 1 saturated carbocycles. The molecule has 0 spiro atoms. The Bertz CT molecular complexity index is 554. The molecule has 0 N–H and O–H groups in total. The summed E-state index contributed by atoms with van der Waals surface area (Å²) in [5.41, 5.74) is 1.79. The van der Waals surface area contributed by atoms with Crippen LogP contribution in [0.4, 0.5) is 0 Å². The average Bonchev–Trinajstić information content (AvgIpc) is 3.01. The van der Waals surface area contributed by atoms with Crippen LogP contribution in [0.25, 0.3) is 0 Å². The van der Waals surface area contributed by atoms with Crippen LogP contribution < -0.4 is 4.74 Å². The summed E-state index contributed by atoms with van der Waals surface area (Å²) in [6, 6.07) is 7.68. The number of hydrogen-bond donors (Lipinski definition) is 0. The molecule has 1 aliphatic carbocycles. The number of hydrogen-bond acceptors (Lipinski definition) is 3. The summed E-state index contributed by atoms with van der Waals surface area (Å²) in [4.78, 5) is 12.4. The van der Waals surface area contributed by atoms with Gasteiger partial charge in [0.15, 0.2) is 5.78 Å². The number of Topliss-reactive ketones (excluding diaryl/α,β-unsaturated/α-hetero) is 1. The van der Waals surface area contributed by atoms with E-state index in [2.05, 4.69) is 19.9 Å². The number of rotatable bonds is 4. The van der Waals surface area contributed by atoms with Crippen molar-refractivity contribution in [2.24, 2.45) is 11.3 Å². The van der Waals surface area contributed by atoms with Gasteiger partial charge in [-0.15, -0.1) is 0 Å². The number of nitriles is 1. The minimum atomic E-state index is -0.679. The van der Waals surface area contributed by atoms with Crippen molar-refractivity contribution >= 4 is 5.78 Å². The van der Waals surface area contributed by atoms with Gasteiger partial charge in [-0.3, -0.25) is 4.79 Å². The third-order valence-electron chi connectivity index (χ3n) is 4.04. The second kappa shape index (κ2) is 4.70. The molecule has 0 amide bonds. The van der Waals surface area contributed by atoms with E-state index in [0.29, 0.717) is 0 Å². The van der Waals surface area contributed by atoms with Crippen LogP contribution >= 0.6 is 0 Å². The van der Waals surface area contributed by atoms with Gasteiger partial charge in [0, 0.05) is 5.92 Å². The minimum absolute atomic E-state index is 0.0180. The fraction of sp³-hybridized carbons (Fsp3) is 0.500. The van der Waals surface area contributed by atoms with Gasteiger partial charge in [-0.25, -0.2) is 0 Å². The Balaban J connectivity index is 2.28. The number of aryl methyl sites for hydroxylation is 1. The fourth-order valence-electron chi connectivity index (χ4n) is 2.47. The number of benzene rings is 1. The molecule has 1 fully saturated rings. The van der Waals surface area contributed by atoms with Crippen LogP contribution in [0, 0.1) is 29.6 Å². The van der Waals surface area contributed by atoms with Crippen LogP contribution in [-0.2, 0) is 4.79 Å². The summed E-state index contributed by atoms with van der Waals surface area (Å²) in [6.07, 6.45) is 0.882. The molecular formula is C16H19NO2. The van der Waals surface area contributed by atoms with E-state index in [0.717, 1.165) is 23.3 Å². The van der Waals surface area contributed by atoms with Gasteiger partial charge in [-0.1, -0.05) is 26.0 Å². The Labute approximate surface area is 114 Å². The predicted octanol–water partition coefficient (Wildman–Crippen LogP) is 3.23. The van der Waals surface area contributed by atoms with Crippen molar-refractivity contribution < 1.29 is 9.53 Å². The number of nitrogens with zero attached hydrogens (tertiary/aromatic N) is 1. The Morgan fingerprint density at radius 1 is 1.53 bits per heavy atom. The molecule has 0 heterocycles. The smallest absolute Gasteiger partial charge is 0.158 e. The van der Waals surface area contributed by atoms with Crippen LogP contribution in [0.2, 0.25) is 0 Å². The standard InChI is InChI=1S/C16H19NO2/c1-10-5-6-11(7-14(10)19-4)12(9-17)15(18)13-8-16(13,2)3/h5-7,12-13H,8H2,1-4H3. The Hall–Kier alpha value is -1.82. The Morgan fingerprint density at radius 3 is 2.63 bits per heavy atom. The van der Waals surface area contributed by atoms with Crippen molar-refractivity contribution in [3.05, 3.63) is 29.3 Å². The zero-order chi connectivity index (χ0) is 14.2. The van der Waals surface area contributed by atoms with Crippen molar-refractivity contribution in [1.82, 2.24) is 0 Å². The maximum Gasteiger partial charge on any atom is 0.158 e. The molecule has 19 heavy (non-hydrogen) atoms. The summed E-state index contributed by atoms with van der Waals surface area (Å²) in [5.74, 6) is 0.102. The van der Waals surface area contributed by atoms with Gasteiger partial charge in [0.2, 0.25) is 0 Å². The second-order valence-corrected chi connectivity index (χ2v) is 5.94. The largest absolute Gasteiger partial charge is 0.496 e. The lowest BCUT2D eigenvalue weighted by molar-refractivity contribution is -0.121. The van der Waals surface area contributed by atoms with Crippen molar-refractivity contribution in [3.63, 3.8) is 0 Å². The summed E-state index contributed by atoms with van der Waals surface area (Å²) < 4.78 is 5.26. The maximum absolute atomic E-state index is 12.4. The van der Waals surface area contributed by atoms with Gasteiger partial charge in [0.1, 0.15) is 11.7 Å². The Morgan fingerprint density at radius 2 is 2.16 bits per heavy atom. The van der Waals surface area contributed by atoms with E-state index < -0.39 is 5.92 Å². The maximum atomic E-state index is 12.4. The third kappa shape index (κ3) is 2.49. The molecule has 0 radical (unpaired) electrons. The topological polar surface area (TPSA) is 50.1 Å². The highest BCUT2D eigenvalue weighted by Crippen LogP contribution is 2.53. The highest BCUT2D eigenvalue weighted by Gasteiger charge is 2.52. The summed E-state index contributed by atoms with van der Waals surface area (Å²) >= 11 is 0. The number of ether oxygens (including phenoxy) is 1. The SMILES string of the molecule is COc1cc(C(C#N)C(=O)C2CC2(C)C)ccc1C. The molecule has 3 nitrogen and oxygen atoms in total. The molecular weight excluding hydrogens is 238 g/mol. The lowest BCUT2D eigenvalue weighted by Gasteiger charge is -2.12. The molecule has 100 valence electrons. The zero-order valence-electron chi connectivity index (χ0n) is 11.9. The van der Waals surface area contributed by atoms with E-state index in [1.807, 2.05) is 19.1 Å². The molecule has 2 atom stereocenters. The first-order valence-electron chi connectivity index (χ1n) is 6.48. The summed E-state index contributed by atoms with van der Waals surface area (Å²) in [6.45, 7) is 6.08. The third-order valence-corrected chi connectivity index (χ3v) is 4.04. The van der Waals surface area contributed by atoms with Crippen molar-refractivity contribution in [2.75, 3.05) is 7.11 Å². The fourth-order valence-corrected chi connectivity index (χ4v) is 2.47. The van der Waals surface area contributed by atoms with Crippen molar-refractivity contribution in [3.8, 4) is 11.8 Å². The average molecular weight is 257 g/mol. The summed E-state index contributed by atoms with van der Waals surface area (Å²) in [5, 5.41) is 9.32. The molecule has 1 aromatic carbocycles. The van der Waals surface area contributed by atoms with Gasteiger partial charge in [-0.2, -0.15) is 5.26 Å². The van der Waals surface area contributed by atoms with Gasteiger partial charge < -0.3 is 4.74 Å². The minimum Gasteiger partial charge on any atom is -0.496 e. The number of ketones is 1. The van der Waals surface area contributed by atoms with E-state index in [-0.39, 0.29) is 17.1 Å². The first-order chi connectivity index (χ1) is 8.90. The molecule has 0 aliphatic heterocycles. The molecule has 1 aromatic rings.